The Hall–Kier alpha value is -2.63. The summed E-state index contributed by atoms with van der Waals surface area (Å²) in [6.07, 6.45) is 9.39. The molecule has 6 heteroatoms. The maximum Gasteiger partial charge on any atom is 0.326 e. The molecule has 208 valence electrons. The summed E-state index contributed by atoms with van der Waals surface area (Å²) in [6, 6.07) is 6.92. The second kappa shape index (κ2) is 11.6. The van der Waals surface area contributed by atoms with E-state index < -0.39 is 23.3 Å². The number of benzene rings is 1. The zero-order valence-corrected chi connectivity index (χ0v) is 24.0. The van der Waals surface area contributed by atoms with Crippen molar-refractivity contribution in [2.75, 3.05) is 0 Å². The van der Waals surface area contributed by atoms with Crippen LogP contribution in [0.3, 0.4) is 0 Å². The molecule has 6 nitrogen and oxygen atoms in total. The quantitative estimate of drug-likeness (QED) is 0.388. The average molecular weight is 523 g/mol. The van der Waals surface area contributed by atoms with Crippen molar-refractivity contribution in [2.24, 2.45) is 29.1 Å². The zero-order chi connectivity index (χ0) is 27.6. The molecule has 0 radical (unpaired) electrons. The summed E-state index contributed by atoms with van der Waals surface area (Å²) in [6.45, 7) is 12.3. The van der Waals surface area contributed by atoms with E-state index >= 15 is 0 Å². The molecule has 2 unspecified atom stereocenters. The molecule has 2 fully saturated rings. The number of carbonyl (C=O) groups is 2. The van der Waals surface area contributed by atoms with Crippen molar-refractivity contribution in [3.63, 3.8) is 0 Å². The van der Waals surface area contributed by atoms with E-state index in [0.717, 1.165) is 35.1 Å². The fourth-order valence-electron chi connectivity index (χ4n) is 6.41. The molecule has 1 aromatic heterocycles. The first-order valence-electron chi connectivity index (χ1n) is 14.6. The SMILES string of the molecule is CC1CC[C@H](C(C)C)[C@H](Oc2ccc3cc(C(=O)NC(C(=O)O)C(C)(C)C)nc(CC4CCCC4)c3c2)C1. The lowest BCUT2D eigenvalue weighted by Gasteiger charge is -2.37. The molecule has 1 heterocycles. The van der Waals surface area contributed by atoms with E-state index in [9.17, 15) is 14.7 Å². The van der Waals surface area contributed by atoms with Gasteiger partial charge in [0.2, 0.25) is 0 Å². The van der Waals surface area contributed by atoms with Crippen molar-refractivity contribution in [1.29, 1.82) is 0 Å². The average Bonchev–Trinajstić information content (AvgIpc) is 3.34. The Bertz CT molecular complexity index is 1150. The van der Waals surface area contributed by atoms with Crippen molar-refractivity contribution in [3.05, 3.63) is 35.7 Å². The number of hydrogen-bond acceptors (Lipinski definition) is 4. The van der Waals surface area contributed by atoms with Crippen LogP contribution in [0.5, 0.6) is 5.75 Å². The lowest BCUT2D eigenvalue weighted by Crippen LogP contribution is -2.49. The minimum absolute atomic E-state index is 0.206. The van der Waals surface area contributed by atoms with Crippen LogP contribution in [-0.2, 0) is 11.2 Å². The number of hydrogen-bond donors (Lipinski definition) is 2. The maximum absolute atomic E-state index is 13.2. The predicted octanol–water partition coefficient (Wildman–Crippen LogP) is 7.04. The third-order valence-corrected chi connectivity index (χ3v) is 8.71. The van der Waals surface area contributed by atoms with E-state index in [0.29, 0.717) is 23.7 Å². The molecule has 0 saturated heterocycles. The van der Waals surface area contributed by atoms with Crippen LogP contribution in [0.4, 0.5) is 0 Å². The molecule has 2 aliphatic rings. The van der Waals surface area contributed by atoms with Gasteiger partial charge in [-0.3, -0.25) is 4.79 Å². The van der Waals surface area contributed by atoms with E-state index in [4.69, 9.17) is 9.72 Å². The van der Waals surface area contributed by atoms with Crippen LogP contribution >= 0.6 is 0 Å². The number of amides is 1. The number of nitrogens with zero attached hydrogens (tertiary/aromatic N) is 1. The number of carbonyl (C=O) groups excluding carboxylic acids is 1. The van der Waals surface area contributed by atoms with Crippen LogP contribution in [0.1, 0.15) is 103 Å². The molecule has 2 aromatic rings. The van der Waals surface area contributed by atoms with Crippen molar-refractivity contribution in [2.45, 2.75) is 105 Å². The molecule has 0 aliphatic heterocycles. The number of aromatic nitrogens is 1. The van der Waals surface area contributed by atoms with Crippen molar-refractivity contribution >= 4 is 22.6 Å². The molecule has 2 saturated carbocycles. The van der Waals surface area contributed by atoms with E-state index in [-0.39, 0.29) is 11.8 Å². The van der Waals surface area contributed by atoms with Gasteiger partial charge in [-0.05, 0) is 71.9 Å². The standard InChI is InChI=1S/C32H46N2O4/c1-19(2)24-14-11-20(3)15-28(24)38-23-13-12-22-17-27(30(35)34-29(31(36)37)32(4,5)6)33-26(25(22)18-23)16-21-9-7-8-10-21/h12-13,17-21,24,28-29H,7-11,14-16H2,1-6H3,(H,34,35)(H,36,37)/t20?,24-,28-,29?/m1/s1. The van der Waals surface area contributed by atoms with Gasteiger partial charge >= 0.3 is 5.97 Å². The van der Waals surface area contributed by atoms with Gasteiger partial charge in [-0.2, -0.15) is 0 Å². The first-order valence-corrected chi connectivity index (χ1v) is 14.6. The van der Waals surface area contributed by atoms with E-state index in [1.807, 2.05) is 32.9 Å². The number of ether oxygens (including phenoxy) is 1. The second-order valence-corrected chi connectivity index (χ2v) is 13.3. The van der Waals surface area contributed by atoms with Crippen LogP contribution in [0.15, 0.2) is 24.3 Å². The molecular weight excluding hydrogens is 476 g/mol. The van der Waals surface area contributed by atoms with E-state index in [1.165, 1.54) is 38.5 Å². The molecule has 2 aliphatic carbocycles. The summed E-state index contributed by atoms with van der Waals surface area (Å²) < 4.78 is 6.65. The van der Waals surface area contributed by atoms with Gasteiger partial charge in [-0.15, -0.1) is 0 Å². The lowest BCUT2D eigenvalue weighted by atomic mass is 9.75. The number of pyridine rings is 1. The van der Waals surface area contributed by atoms with Crippen LogP contribution in [-0.4, -0.2) is 34.1 Å². The summed E-state index contributed by atoms with van der Waals surface area (Å²) in [4.78, 5) is 29.9. The van der Waals surface area contributed by atoms with Gasteiger partial charge in [0.25, 0.3) is 5.91 Å². The highest BCUT2D eigenvalue weighted by molar-refractivity contribution is 5.99. The number of carboxylic acids is 1. The normalized spacial score (nSPS) is 23.5. The topological polar surface area (TPSA) is 88.5 Å². The number of rotatable bonds is 8. The van der Waals surface area contributed by atoms with Crippen molar-refractivity contribution < 1.29 is 19.4 Å². The van der Waals surface area contributed by atoms with Gasteiger partial charge < -0.3 is 15.2 Å². The van der Waals surface area contributed by atoms with Gasteiger partial charge in [0, 0.05) is 11.1 Å². The number of fused-ring (bicyclic) bond motifs is 1. The Morgan fingerprint density at radius 2 is 1.82 bits per heavy atom. The third kappa shape index (κ3) is 6.68. The predicted molar refractivity (Wildman–Crippen MR) is 152 cm³/mol. The Morgan fingerprint density at radius 1 is 1.11 bits per heavy atom. The summed E-state index contributed by atoms with van der Waals surface area (Å²) in [5.41, 5.74) is 0.558. The van der Waals surface area contributed by atoms with Gasteiger partial charge in [0.1, 0.15) is 23.6 Å². The maximum atomic E-state index is 13.2. The molecule has 38 heavy (non-hydrogen) atoms. The highest BCUT2D eigenvalue weighted by atomic mass is 16.5. The first-order chi connectivity index (χ1) is 17.9. The lowest BCUT2D eigenvalue weighted by molar-refractivity contribution is -0.142. The largest absolute Gasteiger partial charge is 0.490 e. The molecule has 1 aromatic carbocycles. The Kier molecular flexibility index (Phi) is 8.68. The summed E-state index contributed by atoms with van der Waals surface area (Å²) in [5, 5.41) is 14.4. The second-order valence-electron chi connectivity index (χ2n) is 13.3. The fourth-order valence-corrected chi connectivity index (χ4v) is 6.41. The Labute approximate surface area is 227 Å². The smallest absolute Gasteiger partial charge is 0.326 e. The van der Waals surface area contributed by atoms with Gasteiger partial charge in [0.05, 0.1) is 0 Å². The number of aliphatic carboxylic acids is 1. The third-order valence-electron chi connectivity index (χ3n) is 8.71. The zero-order valence-electron chi connectivity index (χ0n) is 24.0. The highest BCUT2D eigenvalue weighted by Crippen LogP contribution is 2.37. The van der Waals surface area contributed by atoms with Gasteiger partial charge in [-0.1, -0.05) is 79.7 Å². The Morgan fingerprint density at radius 3 is 2.45 bits per heavy atom. The monoisotopic (exact) mass is 522 g/mol. The molecule has 4 atom stereocenters. The van der Waals surface area contributed by atoms with E-state index in [1.54, 1.807) is 6.07 Å². The summed E-state index contributed by atoms with van der Waals surface area (Å²) >= 11 is 0. The first kappa shape index (κ1) is 28.4. The van der Waals surface area contributed by atoms with Crippen LogP contribution in [0.2, 0.25) is 0 Å². The number of nitrogens with one attached hydrogen (secondary N) is 1. The molecule has 0 spiro atoms. The van der Waals surface area contributed by atoms with Crippen LogP contribution in [0, 0.1) is 29.1 Å². The molecular formula is C32H46N2O4. The molecule has 0 bridgehead atoms. The van der Waals surface area contributed by atoms with E-state index in [2.05, 4.69) is 32.2 Å². The summed E-state index contributed by atoms with van der Waals surface area (Å²) in [7, 11) is 0. The molecule has 4 rings (SSSR count). The number of carboxylic acid groups (broad SMARTS) is 1. The van der Waals surface area contributed by atoms with Crippen molar-refractivity contribution in [1.82, 2.24) is 10.3 Å². The highest BCUT2D eigenvalue weighted by Gasteiger charge is 2.34. The fraction of sp³-hybridized carbons (Fsp3) is 0.656. The molecule has 2 N–H and O–H groups in total. The molecule has 1 amide bonds. The van der Waals surface area contributed by atoms with Crippen LogP contribution < -0.4 is 10.1 Å². The van der Waals surface area contributed by atoms with Gasteiger partial charge in [0.15, 0.2) is 0 Å². The van der Waals surface area contributed by atoms with Crippen molar-refractivity contribution in [3.8, 4) is 5.75 Å². The van der Waals surface area contributed by atoms with Gasteiger partial charge in [-0.25, -0.2) is 9.78 Å². The minimum Gasteiger partial charge on any atom is -0.490 e. The minimum atomic E-state index is -1.05. The summed E-state index contributed by atoms with van der Waals surface area (Å²) in [5.74, 6) is 1.73. The van der Waals surface area contributed by atoms with Crippen LogP contribution in [0.25, 0.3) is 10.8 Å². The Balaban J connectivity index is 1.67.